The summed E-state index contributed by atoms with van der Waals surface area (Å²) in [4.78, 5) is 34.9. The van der Waals surface area contributed by atoms with Crippen LogP contribution >= 0.6 is 0 Å². The molecule has 5 nitrogen and oxygen atoms in total. The van der Waals surface area contributed by atoms with Crippen molar-refractivity contribution >= 4 is 18.7 Å². The molecule has 0 fully saturated rings. The molecule has 1 rings (SSSR count). The van der Waals surface area contributed by atoms with Gasteiger partial charge in [-0.15, -0.1) is 0 Å². The second kappa shape index (κ2) is 7.37. The third-order valence-electron chi connectivity index (χ3n) is 2.90. The average Bonchev–Trinajstić information content (AvgIpc) is 2.44. The Morgan fingerprint density at radius 3 is 2.40 bits per heavy atom. The van der Waals surface area contributed by atoms with E-state index < -0.39 is 23.9 Å². The van der Waals surface area contributed by atoms with Crippen molar-refractivity contribution in [2.24, 2.45) is 0 Å². The Bertz CT molecular complexity index is 475. The first-order valence-corrected chi connectivity index (χ1v) is 6.15. The Labute approximate surface area is 116 Å². The zero-order chi connectivity index (χ0) is 15.1. The Balaban J connectivity index is 2.98. The van der Waals surface area contributed by atoms with Crippen molar-refractivity contribution in [2.45, 2.75) is 25.9 Å². The lowest BCUT2D eigenvalue weighted by molar-refractivity contribution is -0.154. The minimum atomic E-state index is -1.31. The van der Waals surface area contributed by atoms with Gasteiger partial charge in [0.1, 0.15) is 5.82 Å². The molecule has 1 aromatic carbocycles. The normalized spacial score (nSPS) is 13.2. The van der Waals surface area contributed by atoms with Crippen LogP contribution in [-0.4, -0.2) is 36.2 Å². The van der Waals surface area contributed by atoms with Crippen molar-refractivity contribution in [2.75, 3.05) is 6.61 Å². The van der Waals surface area contributed by atoms with Crippen LogP contribution < -0.4 is 0 Å². The molecule has 20 heavy (non-hydrogen) atoms. The maximum Gasteiger partial charge on any atom is 0.336 e. The van der Waals surface area contributed by atoms with Gasteiger partial charge in [-0.05, 0) is 31.5 Å². The molecule has 0 aliphatic carbocycles. The number of aldehydes is 1. The number of nitrogens with zero attached hydrogens (tertiary/aromatic N) is 1. The molecule has 1 unspecified atom stereocenters. The van der Waals surface area contributed by atoms with Gasteiger partial charge in [-0.1, -0.05) is 12.1 Å². The summed E-state index contributed by atoms with van der Waals surface area (Å²) >= 11 is 0. The molecule has 1 amide bonds. The fourth-order valence-corrected chi connectivity index (χ4v) is 1.79. The van der Waals surface area contributed by atoms with E-state index in [-0.39, 0.29) is 6.61 Å². The van der Waals surface area contributed by atoms with Gasteiger partial charge in [0.15, 0.2) is 12.3 Å². The molecule has 0 saturated carbocycles. The molecule has 2 atom stereocenters. The summed E-state index contributed by atoms with van der Waals surface area (Å²) in [6, 6.07) is 3.59. The summed E-state index contributed by atoms with van der Waals surface area (Å²) < 4.78 is 17.6. The maximum atomic E-state index is 12.9. The number of esters is 1. The summed E-state index contributed by atoms with van der Waals surface area (Å²) in [5.41, 5.74) is 0.606. The van der Waals surface area contributed by atoms with Crippen LogP contribution in [0.15, 0.2) is 24.3 Å². The molecule has 1 aromatic rings. The fraction of sp³-hybridized carbons (Fsp3) is 0.357. The SMILES string of the molecule is CCOC(=O)[C@H](C=O)N(C=O)C(C)c1ccc(F)cc1. The van der Waals surface area contributed by atoms with Crippen molar-refractivity contribution in [3.05, 3.63) is 35.6 Å². The molecular formula is C14H16FNO4. The molecule has 0 heterocycles. The molecule has 0 saturated heterocycles. The Morgan fingerprint density at radius 1 is 1.35 bits per heavy atom. The Hall–Kier alpha value is -2.24. The second-order valence-electron chi connectivity index (χ2n) is 4.11. The number of carbonyl (C=O) groups is 3. The van der Waals surface area contributed by atoms with E-state index in [2.05, 4.69) is 0 Å². The summed E-state index contributed by atoms with van der Waals surface area (Å²) in [5, 5.41) is 0. The first-order chi connectivity index (χ1) is 9.54. The third-order valence-corrected chi connectivity index (χ3v) is 2.90. The van der Waals surface area contributed by atoms with Gasteiger partial charge in [-0.25, -0.2) is 9.18 Å². The molecule has 0 radical (unpaired) electrons. The zero-order valence-corrected chi connectivity index (χ0v) is 11.3. The number of benzene rings is 1. The van der Waals surface area contributed by atoms with Crippen molar-refractivity contribution in [3.8, 4) is 0 Å². The van der Waals surface area contributed by atoms with Gasteiger partial charge in [-0.2, -0.15) is 0 Å². The van der Waals surface area contributed by atoms with Crippen LogP contribution in [0.5, 0.6) is 0 Å². The largest absolute Gasteiger partial charge is 0.464 e. The summed E-state index contributed by atoms with van der Waals surface area (Å²) in [5.74, 6) is -1.19. The fourth-order valence-electron chi connectivity index (χ4n) is 1.79. The summed E-state index contributed by atoms with van der Waals surface area (Å²) in [6.07, 6.45) is 0.760. The number of hydrogen-bond donors (Lipinski definition) is 0. The van der Waals surface area contributed by atoms with Gasteiger partial charge in [0.05, 0.1) is 12.6 Å². The molecule has 0 aliphatic rings. The predicted molar refractivity (Wildman–Crippen MR) is 69.2 cm³/mol. The number of halogens is 1. The van der Waals surface area contributed by atoms with Crippen LogP contribution in [0.25, 0.3) is 0 Å². The minimum absolute atomic E-state index is 0.112. The van der Waals surface area contributed by atoms with E-state index in [0.717, 1.165) is 4.90 Å². The van der Waals surface area contributed by atoms with Gasteiger partial charge in [-0.3, -0.25) is 4.79 Å². The molecule has 0 aliphatic heterocycles. The minimum Gasteiger partial charge on any atom is -0.464 e. The van der Waals surface area contributed by atoms with Gasteiger partial charge >= 0.3 is 5.97 Å². The van der Waals surface area contributed by atoms with Crippen LogP contribution in [0.3, 0.4) is 0 Å². The quantitative estimate of drug-likeness (QED) is 0.431. The van der Waals surface area contributed by atoms with E-state index >= 15 is 0 Å². The Morgan fingerprint density at radius 2 is 1.95 bits per heavy atom. The van der Waals surface area contributed by atoms with Crippen molar-refractivity contribution in [1.82, 2.24) is 4.90 Å². The molecule has 6 heteroatoms. The summed E-state index contributed by atoms with van der Waals surface area (Å²) in [7, 11) is 0. The zero-order valence-electron chi connectivity index (χ0n) is 11.3. The molecule has 108 valence electrons. The monoisotopic (exact) mass is 281 g/mol. The number of amides is 1. The van der Waals surface area contributed by atoms with Crippen LogP contribution in [0.4, 0.5) is 4.39 Å². The van der Waals surface area contributed by atoms with Gasteiger partial charge < -0.3 is 14.4 Å². The standard InChI is InChI=1S/C14H16FNO4/c1-3-20-14(19)13(8-17)16(9-18)10(2)11-4-6-12(15)7-5-11/h4-10,13H,3H2,1-2H3/t10?,13-/m0/s1. The van der Waals surface area contributed by atoms with E-state index in [1.165, 1.54) is 24.3 Å². The smallest absolute Gasteiger partial charge is 0.336 e. The molecule has 0 N–H and O–H groups in total. The van der Waals surface area contributed by atoms with Gasteiger partial charge in [0.25, 0.3) is 0 Å². The molecule has 0 aromatic heterocycles. The third kappa shape index (κ3) is 3.63. The van der Waals surface area contributed by atoms with Crippen molar-refractivity contribution in [3.63, 3.8) is 0 Å². The highest BCUT2D eigenvalue weighted by atomic mass is 19.1. The maximum absolute atomic E-state index is 12.9. The van der Waals surface area contributed by atoms with Crippen LogP contribution in [0, 0.1) is 5.82 Å². The molecular weight excluding hydrogens is 265 g/mol. The first kappa shape index (κ1) is 15.8. The van der Waals surface area contributed by atoms with E-state index in [0.29, 0.717) is 18.3 Å². The number of ether oxygens (including phenoxy) is 1. The highest BCUT2D eigenvalue weighted by Gasteiger charge is 2.30. The molecule has 0 spiro atoms. The molecule has 0 bridgehead atoms. The predicted octanol–water partition coefficient (Wildman–Crippen LogP) is 1.48. The van der Waals surface area contributed by atoms with Crippen molar-refractivity contribution < 1.29 is 23.5 Å². The van der Waals surface area contributed by atoms with E-state index in [1.54, 1.807) is 13.8 Å². The van der Waals surface area contributed by atoms with E-state index in [9.17, 15) is 18.8 Å². The number of carbonyl (C=O) groups excluding carboxylic acids is 3. The lowest BCUT2D eigenvalue weighted by Crippen LogP contribution is -2.44. The number of rotatable bonds is 7. The first-order valence-electron chi connectivity index (χ1n) is 6.15. The summed E-state index contributed by atoms with van der Waals surface area (Å²) in [6.45, 7) is 3.35. The van der Waals surface area contributed by atoms with E-state index in [1.807, 2.05) is 0 Å². The van der Waals surface area contributed by atoms with Gasteiger partial charge in [0.2, 0.25) is 6.41 Å². The second-order valence-corrected chi connectivity index (χ2v) is 4.11. The van der Waals surface area contributed by atoms with Crippen LogP contribution in [-0.2, 0) is 19.1 Å². The van der Waals surface area contributed by atoms with Gasteiger partial charge in [0, 0.05) is 0 Å². The van der Waals surface area contributed by atoms with Crippen LogP contribution in [0.2, 0.25) is 0 Å². The highest BCUT2D eigenvalue weighted by Crippen LogP contribution is 2.21. The highest BCUT2D eigenvalue weighted by molar-refractivity contribution is 5.94. The Kier molecular flexibility index (Phi) is 5.83. The number of hydrogen-bond acceptors (Lipinski definition) is 4. The van der Waals surface area contributed by atoms with Crippen molar-refractivity contribution in [1.29, 1.82) is 0 Å². The van der Waals surface area contributed by atoms with E-state index in [4.69, 9.17) is 4.74 Å². The lowest BCUT2D eigenvalue weighted by Gasteiger charge is -2.29. The lowest BCUT2D eigenvalue weighted by atomic mass is 10.1. The average molecular weight is 281 g/mol. The topological polar surface area (TPSA) is 63.7 Å². The van der Waals surface area contributed by atoms with Crippen LogP contribution in [0.1, 0.15) is 25.5 Å².